The van der Waals surface area contributed by atoms with Gasteiger partial charge in [-0.05, 0) is 45.0 Å². The zero-order valence-corrected chi connectivity index (χ0v) is 8.71. The maximum atomic E-state index is 3.16. The minimum absolute atomic E-state index is 1.12. The fourth-order valence-corrected chi connectivity index (χ4v) is 2.19. The lowest BCUT2D eigenvalue weighted by atomic mass is 10.2. The van der Waals surface area contributed by atoms with Gasteiger partial charge in [-0.1, -0.05) is 6.92 Å². The normalized spacial score (nSPS) is 10.5. The third kappa shape index (κ3) is 2.95. The molecule has 0 bridgehead atoms. The summed E-state index contributed by atoms with van der Waals surface area (Å²) in [4.78, 5) is 3.04. The largest absolute Gasteiger partial charge is 0.320 e. The molecule has 1 aromatic rings. The van der Waals surface area contributed by atoms with E-state index in [2.05, 4.69) is 24.4 Å². The van der Waals surface area contributed by atoms with Gasteiger partial charge in [0.15, 0.2) is 0 Å². The SMILES string of the molecule is CCc1ccc(CCCNC)s1. The number of hydrogen-bond acceptors (Lipinski definition) is 2. The molecule has 0 aliphatic carbocycles. The first kappa shape index (κ1) is 9.75. The fraction of sp³-hybridized carbons (Fsp3) is 0.600. The monoisotopic (exact) mass is 183 g/mol. The van der Waals surface area contributed by atoms with Gasteiger partial charge < -0.3 is 5.32 Å². The van der Waals surface area contributed by atoms with Crippen LogP contribution < -0.4 is 5.32 Å². The Hall–Kier alpha value is -0.340. The van der Waals surface area contributed by atoms with Gasteiger partial charge in [0, 0.05) is 9.75 Å². The first-order chi connectivity index (χ1) is 5.86. The van der Waals surface area contributed by atoms with Crippen molar-refractivity contribution in [3.8, 4) is 0 Å². The molecule has 12 heavy (non-hydrogen) atoms. The number of nitrogens with one attached hydrogen (secondary N) is 1. The molecular formula is C10H17NS. The van der Waals surface area contributed by atoms with Crippen molar-refractivity contribution >= 4 is 11.3 Å². The maximum Gasteiger partial charge on any atom is 0.00486 e. The molecule has 0 unspecified atom stereocenters. The smallest absolute Gasteiger partial charge is 0.00486 e. The topological polar surface area (TPSA) is 12.0 Å². The van der Waals surface area contributed by atoms with Crippen LogP contribution in [0.4, 0.5) is 0 Å². The van der Waals surface area contributed by atoms with Crippen LogP contribution in [0, 0.1) is 0 Å². The lowest BCUT2D eigenvalue weighted by Crippen LogP contribution is -2.07. The van der Waals surface area contributed by atoms with Crippen LogP contribution in [-0.4, -0.2) is 13.6 Å². The first-order valence-electron chi connectivity index (χ1n) is 4.59. The van der Waals surface area contributed by atoms with Crippen molar-refractivity contribution in [2.45, 2.75) is 26.2 Å². The Morgan fingerprint density at radius 1 is 1.33 bits per heavy atom. The van der Waals surface area contributed by atoms with Gasteiger partial charge in [-0.25, -0.2) is 0 Å². The van der Waals surface area contributed by atoms with Gasteiger partial charge in [-0.2, -0.15) is 0 Å². The van der Waals surface area contributed by atoms with E-state index in [9.17, 15) is 0 Å². The maximum absolute atomic E-state index is 3.16. The third-order valence-corrected chi connectivity index (χ3v) is 3.21. The molecule has 0 radical (unpaired) electrons. The van der Waals surface area contributed by atoms with Crippen LogP contribution in [0.3, 0.4) is 0 Å². The third-order valence-electron chi connectivity index (χ3n) is 1.92. The van der Waals surface area contributed by atoms with Crippen molar-refractivity contribution in [3.63, 3.8) is 0 Å². The van der Waals surface area contributed by atoms with Gasteiger partial charge in [0.2, 0.25) is 0 Å². The quantitative estimate of drug-likeness (QED) is 0.691. The molecule has 0 fully saturated rings. The molecule has 68 valence electrons. The summed E-state index contributed by atoms with van der Waals surface area (Å²) in [6.07, 6.45) is 3.66. The predicted molar refractivity (Wildman–Crippen MR) is 55.9 cm³/mol. The Morgan fingerprint density at radius 3 is 2.67 bits per heavy atom. The van der Waals surface area contributed by atoms with Crippen molar-refractivity contribution in [1.82, 2.24) is 5.32 Å². The Morgan fingerprint density at radius 2 is 2.08 bits per heavy atom. The first-order valence-corrected chi connectivity index (χ1v) is 5.40. The summed E-state index contributed by atoms with van der Waals surface area (Å²) >= 11 is 1.96. The van der Waals surface area contributed by atoms with Crippen molar-refractivity contribution in [2.24, 2.45) is 0 Å². The molecule has 0 saturated heterocycles. The highest BCUT2D eigenvalue weighted by Crippen LogP contribution is 2.17. The highest BCUT2D eigenvalue weighted by atomic mass is 32.1. The van der Waals surface area contributed by atoms with Crippen LogP contribution >= 0.6 is 11.3 Å². The van der Waals surface area contributed by atoms with Gasteiger partial charge in [0.1, 0.15) is 0 Å². The lowest BCUT2D eigenvalue weighted by Gasteiger charge is -1.96. The van der Waals surface area contributed by atoms with Crippen LogP contribution in [0.1, 0.15) is 23.1 Å². The molecule has 1 nitrogen and oxygen atoms in total. The van der Waals surface area contributed by atoms with Gasteiger partial charge in [0.25, 0.3) is 0 Å². The number of hydrogen-bond donors (Lipinski definition) is 1. The van der Waals surface area contributed by atoms with E-state index in [0.717, 1.165) is 6.54 Å². The van der Waals surface area contributed by atoms with E-state index in [0.29, 0.717) is 0 Å². The molecule has 1 rings (SSSR count). The van der Waals surface area contributed by atoms with E-state index in [4.69, 9.17) is 0 Å². The van der Waals surface area contributed by atoms with E-state index in [-0.39, 0.29) is 0 Å². The second-order valence-corrected chi connectivity index (χ2v) is 4.18. The van der Waals surface area contributed by atoms with E-state index in [1.165, 1.54) is 29.0 Å². The average Bonchev–Trinajstić information content (AvgIpc) is 2.53. The molecule has 1 N–H and O–H groups in total. The zero-order chi connectivity index (χ0) is 8.81. The summed E-state index contributed by atoms with van der Waals surface area (Å²) in [5.41, 5.74) is 0. The average molecular weight is 183 g/mol. The van der Waals surface area contributed by atoms with E-state index >= 15 is 0 Å². The van der Waals surface area contributed by atoms with Crippen LogP contribution in [0.25, 0.3) is 0 Å². The Labute approximate surface area is 78.8 Å². The van der Waals surface area contributed by atoms with Gasteiger partial charge in [-0.15, -0.1) is 11.3 Å². The van der Waals surface area contributed by atoms with Crippen molar-refractivity contribution in [1.29, 1.82) is 0 Å². The van der Waals surface area contributed by atoms with Gasteiger partial charge >= 0.3 is 0 Å². The minimum atomic E-state index is 1.12. The van der Waals surface area contributed by atoms with E-state index in [1.54, 1.807) is 0 Å². The summed E-state index contributed by atoms with van der Waals surface area (Å²) in [5, 5.41) is 3.16. The molecule has 0 spiro atoms. The molecule has 0 aliphatic rings. The van der Waals surface area contributed by atoms with Crippen molar-refractivity contribution in [3.05, 3.63) is 21.9 Å². The van der Waals surface area contributed by atoms with Crippen LogP contribution in [0.2, 0.25) is 0 Å². The van der Waals surface area contributed by atoms with Gasteiger partial charge in [-0.3, -0.25) is 0 Å². The summed E-state index contributed by atoms with van der Waals surface area (Å²) in [6.45, 7) is 3.34. The summed E-state index contributed by atoms with van der Waals surface area (Å²) < 4.78 is 0. The molecule has 1 heterocycles. The molecule has 0 aliphatic heterocycles. The Balaban J connectivity index is 2.31. The van der Waals surface area contributed by atoms with Crippen LogP contribution in [0.15, 0.2) is 12.1 Å². The standard InChI is InChI=1S/C10H17NS/c1-3-9-6-7-10(12-9)5-4-8-11-2/h6-7,11H,3-5,8H2,1-2H3. The molecule has 0 amide bonds. The second kappa shape index (κ2) is 5.33. The number of thiophene rings is 1. The molecule has 0 saturated carbocycles. The molecule has 1 aromatic heterocycles. The highest BCUT2D eigenvalue weighted by Gasteiger charge is 1.97. The summed E-state index contributed by atoms with van der Waals surface area (Å²) in [5.74, 6) is 0. The second-order valence-electron chi connectivity index (χ2n) is 2.93. The number of rotatable bonds is 5. The zero-order valence-electron chi connectivity index (χ0n) is 7.89. The highest BCUT2D eigenvalue weighted by molar-refractivity contribution is 7.11. The molecular weight excluding hydrogens is 166 g/mol. The molecule has 0 atom stereocenters. The number of aryl methyl sites for hydroxylation is 2. The van der Waals surface area contributed by atoms with Crippen molar-refractivity contribution < 1.29 is 0 Å². The summed E-state index contributed by atoms with van der Waals surface area (Å²) in [6, 6.07) is 4.51. The Kier molecular flexibility index (Phi) is 4.33. The lowest BCUT2D eigenvalue weighted by molar-refractivity contribution is 0.729. The van der Waals surface area contributed by atoms with Crippen LogP contribution in [0.5, 0.6) is 0 Å². The Bertz CT molecular complexity index is 217. The molecule has 2 heteroatoms. The minimum Gasteiger partial charge on any atom is -0.320 e. The van der Waals surface area contributed by atoms with E-state index < -0.39 is 0 Å². The van der Waals surface area contributed by atoms with Gasteiger partial charge in [0.05, 0.1) is 0 Å². The fourth-order valence-electron chi connectivity index (χ4n) is 1.19. The van der Waals surface area contributed by atoms with E-state index in [1.807, 2.05) is 18.4 Å². The predicted octanol–water partition coefficient (Wildman–Crippen LogP) is 2.46. The van der Waals surface area contributed by atoms with Crippen molar-refractivity contribution in [2.75, 3.05) is 13.6 Å². The molecule has 0 aromatic carbocycles. The summed E-state index contributed by atoms with van der Waals surface area (Å²) in [7, 11) is 2.01. The van der Waals surface area contributed by atoms with Crippen LogP contribution in [-0.2, 0) is 12.8 Å².